The molecule has 3 aromatic carbocycles. The maximum atomic E-state index is 13.3. The maximum absolute atomic E-state index is 13.3. The maximum Gasteiger partial charge on any atom is 0.255 e. The second kappa shape index (κ2) is 13.3. The summed E-state index contributed by atoms with van der Waals surface area (Å²) in [4.78, 5) is 13.3. The van der Waals surface area contributed by atoms with Crippen molar-refractivity contribution in [1.82, 2.24) is 10.0 Å². The summed E-state index contributed by atoms with van der Waals surface area (Å²) in [5, 5.41) is 14.9. The lowest BCUT2D eigenvalue weighted by molar-refractivity contribution is 0.0928. The third kappa shape index (κ3) is 8.16. The Labute approximate surface area is 250 Å². The van der Waals surface area contributed by atoms with Crippen molar-refractivity contribution in [2.24, 2.45) is 0 Å². The van der Waals surface area contributed by atoms with E-state index in [1.54, 1.807) is 24.3 Å². The number of carbonyl (C=O) groups excluding carboxylic acids is 1. The second-order valence-electron chi connectivity index (χ2n) is 12.2. The average molecular weight is 599 g/mol. The highest BCUT2D eigenvalue weighted by molar-refractivity contribution is 7.88. The van der Waals surface area contributed by atoms with Gasteiger partial charge in [-0.3, -0.25) is 4.79 Å². The third-order valence-electron chi connectivity index (χ3n) is 8.08. The predicted molar refractivity (Wildman–Crippen MR) is 169 cm³/mol. The molecule has 0 saturated heterocycles. The molecule has 42 heavy (non-hydrogen) atoms. The molecule has 8 nitrogen and oxygen atoms in total. The van der Waals surface area contributed by atoms with Gasteiger partial charge in [0.25, 0.3) is 5.91 Å². The largest absolute Gasteiger partial charge is 0.506 e. The summed E-state index contributed by atoms with van der Waals surface area (Å²) >= 11 is 0. The van der Waals surface area contributed by atoms with Gasteiger partial charge in [0, 0.05) is 22.9 Å². The Hall–Kier alpha value is -3.30. The lowest BCUT2D eigenvalue weighted by atomic mass is 9.76. The van der Waals surface area contributed by atoms with E-state index in [4.69, 9.17) is 9.47 Å². The molecule has 0 bridgehead atoms. The molecule has 0 aliphatic heterocycles. The van der Waals surface area contributed by atoms with Gasteiger partial charge in [-0.15, -0.1) is 0 Å². The lowest BCUT2D eigenvalue weighted by Gasteiger charge is -2.31. The molecule has 1 amide bonds. The number of rotatable bonds is 14. The van der Waals surface area contributed by atoms with E-state index in [0.717, 1.165) is 30.4 Å². The Morgan fingerprint density at radius 3 is 2.21 bits per heavy atom. The SMILES string of the molecule is CCC(C)(C)c1ccc(OC(C)CNC(=O)c2cc(OCCNS(C)(=O)=O)c3ccccc3c2O)c(C(C)(C)CC)c1. The Morgan fingerprint density at radius 2 is 1.60 bits per heavy atom. The van der Waals surface area contributed by atoms with Crippen LogP contribution in [0.1, 0.15) is 82.8 Å². The molecule has 0 fully saturated rings. The minimum Gasteiger partial charge on any atom is -0.506 e. The Morgan fingerprint density at radius 1 is 0.952 bits per heavy atom. The van der Waals surface area contributed by atoms with Crippen LogP contribution in [0.3, 0.4) is 0 Å². The fourth-order valence-corrected chi connectivity index (χ4v) is 5.03. The van der Waals surface area contributed by atoms with Crippen LogP contribution in [0.15, 0.2) is 48.5 Å². The van der Waals surface area contributed by atoms with Crippen LogP contribution in [0.25, 0.3) is 10.8 Å². The minimum absolute atomic E-state index is 0.0470. The molecule has 3 N–H and O–H groups in total. The monoisotopic (exact) mass is 598 g/mol. The molecule has 1 atom stereocenters. The van der Waals surface area contributed by atoms with E-state index in [2.05, 4.69) is 63.7 Å². The molecule has 0 radical (unpaired) electrons. The van der Waals surface area contributed by atoms with E-state index >= 15 is 0 Å². The van der Waals surface area contributed by atoms with Gasteiger partial charge >= 0.3 is 0 Å². The first-order valence-electron chi connectivity index (χ1n) is 14.5. The summed E-state index contributed by atoms with van der Waals surface area (Å²) in [6.07, 6.45) is 2.70. The van der Waals surface area contributed by atoms with Crippen molar-refractivity contribution in [3.8, 4) is 17.2 Å². The van der Waals surface area contributed by atoms with Crippen LogP contribution in [-0.4, -0.2) is 51.5 Å². The fraction of sp³-hybridized carbons (Fsp3) is 0.485. The first-order chi connectivity index (χ1) is 19.6. The van der Waals surface area contributed by atoms with E-state index in [-0.39, 0.29) is 47.9 Å². The molecule has 0 spiro atoms. The smallest absolute Gasteiger partial charge is 0.255 e. The standard InChI is InChI=1S/C33H46N2O6S/c1-9-32(4,5)23-15-16-28(27(19-23)33(6,7)10-2)41-22(3)21-34-31(37)26-20-29(40-18-17-35-42(8,38)39)24-13-11-12-14-25(24)30(26)36/h11-16,19-20,22,35-36H,9-10,17-18,21H2,1-8H3,(H,34,37). The zero-order chi connectivity index (χ0) is 31.3. The van der Waals surface area contributed by atoms with E-state index < -0.39 is 15.9 Å². The molecule has 0 saturated carbocycles. The van der Waals surface area contributed by atoms with Gasteiger partial charge in [-0.25, -0.2) is 13.1 Å². The van der Waals surface area contributed by atoms with Crippen molar-refractivity contribution in [3.05, 3.63) is 65.2 Å². The number of nitrogens with one attached hydrogen (secondary N) is 2. The summed E-state index contributed by atoms with van der Waals surface area (Å²) < 4.78 is 37.3. The number of hydrogen-bond donors (Lipinski definition) is 3. The van der Waals surface area contributed by atoms with Gasteiger partial charge in [0.2, 0.25) is 10.0 Å². The van der Waals surface area contributed by atoms with Gasteiger partial charge in [0.05, 0.1) is 18.4 Å². The molecule has 9 heteroatoms. The van der Waals surface area contributed by atoms with Crippen molar-refractivity contribution in [3.63, 3.8) is 0 Å². The quantitative estimate of drug-likeness (QED) is 0.195. The van der Waals surface area contributed by atoms with Crippen molar-refractivity contribution in [2.45, 2.75) is 78.2 Å². The number of amides is 1. The summed E-state index contributed by atoms with van der Waals surface area (Å²) in [5.41, 5.74) is 2.42. The Bertz CT molecular complexity index is 1510. The molecular weight excluding hydrogens is 552 g/mol. The highest BCUT2D eigenvalue weighted by Gasteiger charge is 2.27. The normalized spacial score (nSPS) is 13.1. The Kier molecular flexibility index (Phi) is 10.5. The van der Waals surface area contributed by atoms with Crippen LogP contribution in [0.2, 0.25) is 0 Å². The summed E-state index contributed by atoms with van der Waals surface area (Å²) in [7, 11) is -3.36. The molecule has 0 aliphatic rings. The molecule has 3 rings (SSSR count). The molecular formula is C33H46N2O6S. The third-order valence-corrected chi connectivity index (χ3v) is 8.81. The van der Waals surface area contributed by atoms with Crippen LogP contribution < -0.4 is 19.5 Å². The number of ether oxygens (including phenoxy) is 2. The zero-order valence-corrected chi connectivity index (χ0v) is 26.9. The van der Waals surface area contributed by atoms with Gasteiger partial charge < -0.3 is 19.9 Å². The topological polar surface area (TPSA) is 114 Å². The van der Waals surface area contributed by atoms with Crippen molar-refractivity contribution in [2.75, 3.05) is 26.0 Å². The van der Waals surface area contributed by atoms with Gasteiger partial charge in [0.15, 0.2) is 0 Å². The van der Waals surface area contributed by atoms with Crippen LogP contribution in [-0.2, 0) is 20.9 Å². The highest BCUT2D eigenvalue weighted by atomic mass is 32.2. The highest BCUT2D eigenvalue weighted by Crippen LogP contribution is 2.39. The molecule has 0 aromatic heterocycles. The Balaban J connectivity index is 1.79. The zero-order valence-electron chi connectivity index (χ0n) is 26.1. The van der Waals surface area contributed by atoms with E-state index in [1.165, 1.54) is 11.6 Å². The van der Waals surface area contributed by atoms with Crippen molar-refractivity contribution in [1.29, 1.82) is 0 Å². The van der Waals surface area contributed by atoms with Crippen molar-refractivity contribution >= 4 is 26.7 Å². The number of benzene rings is 3. The van der Waals surface area contributed by atoms with Gasteiger partial charge in [-0.05, 0) is 48.3 Å². The number of fused-ring (bicyclic) bond motifs is 1. The number of carbonyl (C=O) groups is 1. The van der Waals surface area contributed by atoms with Gasteiger partial charge in [-0.2, -0.15) is 0 Å². The van der Waals surface area contributed by atoms with Gasteiger partial charge in [0.1, 0.15) is 30.0 Å². The first kappa shape index (κ1) is 33.2. The summed E-state index contributed by atoms with van der Waals surface area (Å²) in [5.74, 6) is 0.544. The summed E-state index contributed by atoms with van der Waals surface area (Å²) in [6.45, 7) is 15.5. The number of hydrogen-bond acceptors (Lipinski definition) is 6. The predicted octanol–water partition coefficient (Wildman–Crippen LogP) is 6.05. The number of aromatic hydroxyl groups is 1. The van der Waals surface area contributed by atoms with Gasteiger partial charge in [-0.1, -0.05) is 77.9 Å². The molecule has 0 aliphatic carbocycles. The van der Waals surface area contributed by atoms with Crippen LogP contribution in [0, 0.1) is 0 Å². The molecule has 230 valence electrons. The average Bonchev–Trinajstić information content (AvgIpc) is 2.94. The fourth-order valence-electron chi connectivity index (χ4n) is 4.57. The minimum atomic E-state index is -3.36. The van der Waals surface area contributed by atoms with Crippen LogP contribution in [0.5, 0.6) is 17.2 Å². The number of phenolic OH excluding ortho intramolecular Hbond substituents is 1. The van der Waals surface area contributed by atoms with E-state index in [0.29, 0.717) is 16.5 Å². The van der Waals surface area contributed by atoms with Crippen molar-refractivity contribution < 1.29 is 27.8 Å². The summed E-state index contributed by atoms with van der Waals surface area (Å²) in [6, 6.07) is 14.9. The first-order valence-corrected chi connectivity index (χ1v) is 16.4. The van der Waals surface area contributed by atoms with Crippen LogP contribution in [0.4, 0.5) is 0 Å². The second-order valence-corrected chi connectivity index (χ2v) is 14.0. The number of sulfonamides is 1. The van der Waals surface area contributed by atoms with E-state index in [1.807, 2.05) is 13.0 Å². The number of phenols is 1. The molecule has 1 unspecified atom stereocenters. The molecule has 0 heterocycles. The lowest BCUT2D eigenvalue weighted by Crippen LogP contribution is -2.34. The van der Waals surface area contributed by atoms with E-state index in [9.17, 15) is 18.3 Å². The van der Waals surface area contributed by atoms with Crippen LogP contribution >= 0.6 is 0 Å². The molecule has 3 aromatic rings.